The molecule has 0 spiro atoms. The lowest BCUT2D eigenvalue weighted by atomic mass is 9.91. The quantitative estimate of drug-likeness (QED) is 0.667. The smallest absolute Gasteiger partial charge is 0.326 e. The number of rotatable bonds is 7. The minimum absolute atomic E-state index is 0.136. The van der Waals surface area contributed by atoms with Crippen LogP contribution in [0.5, 0.6) is 0 Å². The molecule has 2 N–H and O–H groups in total. The fraction of sp³-hybridized carbons (Fsp3) is 0.800. The zero-order valence-corrected chi connectivity index (χ0v) is 13.5. The first-order valence-corrected chi connectivity index (χ1v) is 7.68. The molecule has 7 heteroatoms. The molecule has 7 nitrogen and oxygen atoms in total. The Morgan fingerprint density at radius 3 is 2.55 bits per heavy atom. The Kier molecular flexibility index (Phi) is 7.31. The van der Waals surface area contributed by atoms with Crippen LogP contribution in [0.2, 0.25) is 0 Å². The number of ether oxygens (including phenoxy) is 1. The number of piperidine rings is 1. The molecule has 1 aliphatic rings. The molecule has 0 aliphatic carbocycles. The van der Waals surface area contributed by atoms with Crippen molar-refractivity contribution >= 4 is 17.8 Å². The number of hydrogen-bond acceptors (Lipinski definition) is 4. The number of nitrogens with one attached hydrogen (secondary N) is 1. The number of carbonyl (C=O) groups is 3. The lowest BCUT2D eigenvalue weighted by Crippen LogP contribution is -2.53. The fourth-order valence-electron chi connectivity index (χ4n) is 2.54. The average Bonchev–Trinajstić information content (AvgIpc) is 2.49. The standard InChI is InChI=1S/C15H26N2O5/c1-10(2)9-22-7-6-13(18)17-8-11(14(19)16-3)4-5-12(17)15(20)21/h10-12H,4-9H2,1-3H3,(H,16,19)(H,20,21)/t11-,12-/m0/s1. The van der Waals surface area contributed by atoms with Gasteiger partial charge in [-0.25, -0.2) is 4.79 Å². The Morgan fingerprint density at radius 2 is 2.00 bits per heavy atom. The van der Waals surface area contributed by atoms with Gasteiger partial charge in [0.05, 0.1) is 18.9 Å². The van der Waals surface area contributed by atoms with Gasteiger partial charge in [0.25, 0.3) is 0 Å². The van der Waals surface area contributed by atoms with Crippen molar-refractivity contribution in [2.75, 3.05) is 26.8 Å². The van der Waals surface area contributed by atoms with Crippen LogP contribution in [-0.4, -0.2) is 60.6 Å². The largest absolute Gasteiger partial charge is 0.480 e. The van der Waals surface area contributed by atoms with E-state index in [-0.39, 0.29) is 37.3 Å². The molecule has 1 rings (SSSR count). The summed E-state index contributed by atoms with van der Waals surface area (Å²) in [6, 6.07) is -0.849. The van der Waals surface area contributed by atoms with E-state index in [0.29, 0.717) is 25.4 Å². The molecule has 2 atom stereocenters. The number of carboxylic acids is 1. The third-order valence-electron chi connectivity index (χ3n) is 3.72. The van der Waals surface area contributed by atoms with Crippen LogP contribution in [0.25, 0.3) is 0 Å². The van der Waals surface area contributed by atoms with E-state index < -0.39 is 12.0 Å². The van der Waals surface area contributed by atoms with Gasteiger partial charge in [0.1, 0.15) is 6.04 Å². The summed E-state index contributed by atoms with van der Waals surface area (Å²) in [4.78, 5) is 36.6. The molecule has 2 amide bonds. The van der Waals surface area contributed by atoms with E-state index in [2.05, 4.69) is 5.32 Å². The third-order valence-corrected chi connectivity index (χ3v) is 3.72. The first-order chi connectivity index (χ1) is 10.4. The van der Waals surface area contributed by atoms with Crippen LogP contribution in [0.1, 0.15) is 33.1 Å². The first kappa shape index (κ1) is 18.4. The molecule has 0 radical (unpaired) electrons. The summed E-state index contributed by atoms with van der Waals surface area (Å²) in [6.45, 7) is 5.02. The summed E-state index contributed by atoms with van der Waals surface area (Å²) in [5.41, 5.74) is 0. The highest BCUT2D eigenvalue weighted by Crippen LogP contribution is 2.23. The molecular formula is C15H26N2O5. The Morgan fingerprint density at radius 1 is 1.32 bits per heavy atom. The van der Waals surface area contributed by atoms with E-state index in [9.17, 15) is 19.5 Å². The summed E-state index contributed by atoms with van der Waals surface area (Å²) in [5, 5.41) is 11.8. The van der Waals surface area contributed by atoms with E-state index in [1.807, 2.05) is 13.8 Å². The van der Waals surface area contributed by atoms with Crippen LogP contribution in [0.3, 0.4) is 0 Å². The number of carbonyl (C=O) groups excluding carboxylic acids is 2. The summed E-state index contributed by atoms with van der Waals surface area (Å²) >= 11 is 0. The Hall–Kier alpha value is -1.63. The van der Waals surface area contributed by atoms with Gasteiger partial charge in [-0.3, -0.25) is 9.59 Å². The van der Waals surface area contributed by atoms with Gasteiger partial charge < -0.3 is 20.1 Å². The molecule has 1 heterocycles. The molecule has 0 aromatic heterocycles. The second-order valence-corrected chi connectivity index (χ2v) is 6.01. The number of likely N-dealkylation sites (tertiary alicyclic amines) is 1. The van der Waals surface area contributed by atoms with Gasteiger partial charge in [-0.05, 0) is 18.8 Å². The maximum atomic E-state index is 12.3. The lowest BCUT2D eigenvalue weighted by Gasteiger charge is -2.36. The zero-order valence-electron chi connectivity index (χ0n) is 13.5. The molecule has 0 bridgehead atoms. The third kappa shape index (κ3) is 5.29. The Balaban J connectivity index is 2.61. The Bertz CT molecular complexity index is 411. The molecule has 126 valence electrons. The van der Waals surface area contributed by atoms with Gasteiger partial charge in [0.2, 0.25) is 11.8 Å². The van der Waals surface area contributed by atoms with Crippen LogP contribution in [0, 0.1) is 11.8 Å². The van der Waals surface area contributed by atoms with Crippen molar-refractivity contribution in [2.45, 2.75) is 39.2 Å². The van der Waals surface area contributed by atoms with Crippen molar-refractivity contribution in [2.24, 2.45) is 11.8 Å². The topological polar surface area (TPSA) is 95.9 Å². The second kappa shape index (κ2) is 8.73. The second-order valence-electron chi connectivity index (χ2n) is 6.01. The normalized spacial score (nSPS) is 21.7. The monoisotopic (exact) mass is 314 g/mol. The zero-order chi connectivity index (χ0) is 16.7. The molecule has 0 aromatic carbocycles. The number of amides is 2. The van der Waals surface area contributed by atoms with E-state index in [1.165, 1.54) is 11.9 Å². The molecule has 0 unspecified atom stereocenters. The fourth-order valence-corrected chi connectivity index (χ4v) is 2.54. The molecule has 1 fully saturated rings. The van der Waals surface area contributed by atoms with Crippen molar-refractivity contribution < 1.29 is 24.2 Å². The van der Waals surface area contributed by atoms with Crippen molar-refractivity contribution in [3.63, 3.8) is 0 Å². The van der Waals surface area contributed by atoms with Crippen molar-refractivity contribution in [3.8, 4) is 0 Å². The van der Waals surface area contributed by atoms with E-state index in [1.54, 1.807) is 0 Å². The predicted octanol–water partition coefficient (Wildman–Crippen LogP) is 0.487. The summed E-state index contributed by atoms with van der Waals surface area (Å²) in [5.74, 6) is -1.41. The van der Waals surface area contributed by atoms with Gasteiger partial charge >= 0.3 is 5.97 Å². The number of carboxylic acid groups (broad SMARTS) is 1. The van der Waals surface area contributed by atoms with Crippen molar-refractivity contribution in [1.82, 2.24) is 10.2 Å². The Labute approximate surface area is 131 Å². The molecule has 22 heavy (non-hydrogen) atoms. The summed E-state index contributed by atoms with van der Waals surface area (Å²) in [7, 11) is 1.54. The van der Waals surface area contributed by atoms with Crippen molar-refractivity contribution in [3.05, 3.63) is 0 Å². The summed E-state index contributed by atoms with van der Waals surface area (Å²) < 4.78 is 5.37. The SMILES string of the molecule is CNC(=O)[C@H]1CC[C@@H](C(=O)O)N(C(=O)CCOCC(C)C)C1. The highest BCUT2D eigenvalue weighted by atomic mass is 16.5. The van der Waals surface area contributed by atoms with Crippen LogP contribution in [0.4, 0.5) is 0 Å². The van der Waals surface area contributed by atoms with Crippen molar-refractivity contribution in [1.29, 1.82) is 0 Å². The molecule has 1 saturated heterocycles. The minimum Gasteiger partial charge on any atom is -0.480 e. The molecule has 0 saturated carbocycles. The van der Waals surface area contributed by atoms with Gasteiger partial charge in [-0.15, -0.1) is 0 Å². The maximum absolute atomic E-state index is 12.3. The van der Waals surface area contributed by atoms with E-state index in [4.69, 9.17) is 4.74 Å². The number of aliphatic carboxylic acids is 1. The van der Waals surface area contributed by atoms with Gasteiger partial charge in [-0.2, -0.15) is 0 Å². The van der Waals surface area contributed by atoms with Gasteiger partial charge in [-0.1, -0.05) is 13.8 Å². The van der Waals surface area contributed by atoms with Gasteiger partial charge in [0, 0.05) is 20.2 Å². The molecule has 0 aromatic rings. The molecular weight excluding hydrogens is 288 g/mol. The average molecular weight is 314 g/mol. The van der Waals surface area contributed by atoms with Crippen LogP contribution in [-0.2, 0) is 19.1 Å². The lowest BCUT2D eigenvalue weighted by molar-refractivity contribution is -0.155. The minimum atomic E-state index is -1.02. The summed E-state index contributed by atoms with van der Waals surface area (Å²) in [6.07, 6.45) is 0.910. The maximum Gasteiger partial charge on any atom is 0.326 e. The number of hydrogen-bond donors (Lipinski definition) is 2. The predicted molar refractivity (Wildman–Crippen MR) is 80.2 cm³/mol. The van der Waals surface area contributed by atoms with Crippen LogP contribution >= 0.6 is 0 Å². The highest BCUT2D eigenvalue weighted by Gasteiger charge is 2.37. The van der Waals surface area contributed by atoms with Gasteiger partial charge in [0.15, 0.2) is 0 Å². The van der Waals surface area contributed by atoms with E-state index in [0.717, 1.165) is 0 Å². The highest BCUT2D eigenvalue weighted by molar-refractivity contribution is 5.86. The first-order valence-electron chi connectivity index (χ1n) is 7.68. The number of nitrogens with zero attached hydrogens (tertiary/aromatic N) is 1. The van der Waals surface area contributed by atoms with Crippen LogP contribution < -0.4 is 5.32 Å². The van der Waals surface area contributed by atoms with Crippen LogP contribution in [0.15, 0.2) is 0 Å². The molecule has 1 aliphatic heterocycles. The van der Waals surface area contributed by atoms with E-state index >= 15 is 0 Å².